The van der Waals surface area contributed by atoms with Gasteiger partial charge in [-0.25, -0.2) is 0 Å². The second kappa shape index (κ2) is 9.45. The number of carbonyl (C=O) groups is 1. The van der Waals surface area contributed by atoms with Crippen molar-refractivity contribution in [2.75, 3.05) is 31.2 Å². The summed E-state index contributed by atoms with van der Waals surface area (Å²) in [4.78, 5) is 17.5. The van der Waals surface area contributed by atoms with Gasteiger partial charge >= 0.3 is 0 Å². The van der Waals surface area contributed by atoms with Gasteiger partial charge in [-0.3, -0.25) is 4.79 Å². The standard InChI is InChI=1S/C29H32N2O2/c1-3-5-9-24-20-26-25-10-7-6-8-22(25)19-27(26)29(31(24)28(32)4-2)21-11-13-23(14-12-21)30-15-17-33-18-16-30/h2,6-8,10-14,24,29H,3,5,9,15-20H2,1H3/t24-,29-/m0/s1. The summed E-state index contributed by atoms with van der Waals surface area (Å²) in [6.45, 7) is 5.56. The Morgan fingerprint density at radius 1 is 1.12 bits per heavy atom. The van der Waals surface area contributed by atoms with Crippen LogP contribution >= 0.6 is 0 Å². The van der Waals surface area contributed by atoms with Crippen LogP contribution in [0, 0.1) is 12.3 Å². The molecule has 0 saturated carbocycles. The van der Waals surface area contributed by atoms with Crippen LogP contribution in [0.4, 0.5) is 5.69 Å². The van der Waals surface area contributed by atoms with Gasteiger partial charge in [0.05, 0.1) is 19.3 Å². The molecule has 5 rings (SSSR count). The number of ether oxygens (including phenoxy) is 1. The van der Waals surface area contributed by atoms with Crippen molar-refractivity contribution in [3.8, 4) is 12.3 Å². The Kier molecular flexibility index (Phi) is 6.24. The summed E-state index contributed by atoms with van der Waals surface area (Å²) in [7, 11) is 0. The van der Waals surface area contributed by atoms with Gasteiger partial charge in [-0.2, -0.15) is 0 Å². The molecular formula is C29H32N2O2. The van der Waals surface area contributed by atoms with E-state index in [1.165, 1.54) is 28.0 Å². The third-order valence-corrected chi connectivity index (χ3v) is 7.39. The first-order chi connectivity index (χ1) is 16.2. The first-order valence-electron chi connectivity index (χ1n) is 12.2. The smallest absolute Gasteiger partial charge is 0.299 e. The van der Waals surface area contributed by atoms with E-state index in [-0.39, 0.29) is 18.0 Å². The van der Waals surface area contributed by atoms with Gasteiger partial charge in [0, 0.05) is 24.8 Å². The van der Waals surface area contributed by atoms with Gasteiger partial charge in [0.15, 0.2) is 0 Å². The van der Waals surface area contributed by atoms with Crippen LogP contribution in [0.5, 0.6) is 0 Å². The number of morpholine rings is 1. The second-order valence-corrected chi connectivity index (χ2v) is 9.29. The number of fused-ring (bicyclic) bond motifs is 2. The molecule has 0 N–H and O–H groups in total. The highest BCUT2D eigenvalue weighted by atomic mass is 16.5. The van der Waals surface area contributed by atoms with Crippen LogP contribution in [0.2, 0.25) is 0 Å². The third-order valence-electron chi connectivity index (χ3n) is 7.39. The Hall–Kier alpha value is -3.03. The van der Waals surface area contributed by atoms with Crippen molar-refractivity contribution in [2.45, 2.75) is 51.1 Å². The van der Waals surface area contributed by atoms with Gasteiger partial charge in [-0.1, -0.05) is 56.2 Å². The normalized spacial score (nSPS) is 22.1. The number of anilines is 1. The minimum Gasteiger partial charge on any atom is -0.378 e. The van der Waals surface area contributed by atoms with Crippen molar-refractivity contribution in [1.29, 1.82) is 0 Å². The molecule has 2 aliphatic heterocycles. The molecule has 2 aromatic rings. The molecule has 1 aliphatic carbocycles. The molecule has 2 heterocycles. The molecule has 170 valence electrons. The van der Waals surface area contributed by atoms with Crippen LogP contribution in [-0.2, 0) is 16.0 Å². The Labute approximate surface area is 197 Å². The predicted molar refractivity (Wildman–Crippen MR) is 133 cm³/mol. The maximum absolute atomic E-state index is 13.1. The highest BCUT2D eigenvalue weighted by Crippen LogP contribution is 2.49. The minimum atomic E-state index is -0.194. The Balaban J connectivity index is 1.56. The van der Waals surface area contributed by atoms with Gasteiger partial charge in [0.1, 0.15) is 0 Å². The van der Waals surface area contributed by atoms with Crippen molar-refractivity contribution >= 4 is 17.2 Å². The fourth-order valence-electron chi connectivity index (χ4n) is 5.76. The van der Waals surface area contributed by atoms with E-state index in [2.05, 4.69) is 66.3 Å². The lowest BCUT2D eigenvalue weighted by Gasteiger charge is -2.43. The summed E-state index contributed by atoms with van der Waals surface area (Å²) in [5, 5.41) is 0. The molecule has 0 radical (unpaired) electrons. The second-order valence-electron chi connectivity index (χ2n) is 9.29. The molecule has 1 fully saturated rings. The van der Waals surface area contributed by atoms with E-state index >= 15 is 0 Å². The average Bonchev–Trinajstić information content (AvgIpc) is 3.25. The first-order valence-corrected chi connectivity index (χ1v) is 12.2. The zero-order valence-electron chi connectivity index (χ0n) is 19.4. The number of hydrogen-bond donors (Lipinski definition) is 0. The lowest BCUT2D eigenvalue weighted by atomic mass is 9.83. The lowest BCUT2D eigenvalue weighted by molar-refractivity contribution is -0.129. The fourth-order valence-corrected chi connectivity index (χ4v) is 5.76. The van der Waals surface area contributed by atoms with Crippen LogP contribution in [0.15, 0.2) is 54.1 Å². The molecule has 0 bridgehead atoms. The van der Waals surface area contributed by atoms with E-state index in [9.17, 15) is 4.79 Å². The number of amides is 1. The zero-order chi connectivity index (χ0) is 22.8. The van der Waals surface area contributed by atoms with Crippen LogP contribution < -0.4 is 4.90 Å². The largest absolute Gasteiger partial charge is 0.378 e. The number of hydrogen-bond acceptors (Lipinski definition) is 3. The molecule has 33 heavy (non-hydrogen) atoms. The molecule has 1 saturated heterocycles. The predicted octanol–water partition coefficient (Wildman–Crippen LogP) is 5.00. The molecule has 0 spiro atoms. The number of carbonyl (C=O) groups excluding carboxylic acids is 1. The molecule has 4 nitrogen and oxygen atoms in total. The minimum absolute atomic E-state index is 0.106. The summed E-state index contributed by atoms with van der Waals surface area (Å²) in [6, 6.07) is 17.5. The van der Waals surface area contributed by atoms with E-state index in [4.69, 9.17) is 11.2 Å². The third kappa shape index (κ3) is 4.07. The van der Waals surface area contributed by atoms with E-state index in [0.29, 0.717) is 0 Å². The highest BCUT2D eigenvalue weighted by molar-refractivity contribution is 5.95. The number of unbranched alkanes of at least 4 members (excludes halogenated alkanes) is 1. The molecule has 1 amide bonds. The monoisotopic (exact) mass is 440 g/mol. The number of terminal acetylenes is 1. The summed E-state index contributed by atoms with van der Waals surface area (Å²) in [5.74, 6) is 2.25. The van der Waals surface area contributed by atoms with Crippen molar-refractivity contribution in [1.82, 2.24) is 4.90 Å². The number of benzene rings is 2. The topological polar surface area (TPSA) is 32.8 Å². The molecule has 4 heteroatoms. The Morgan fingerprint density at radius 3 is 2.61 bits per heavy atom. The van der Waals surface area contributed by atoms with Crippen molar-refractivity contribution in [3.63, 3.8) is 0 Å². The van der Waals surface area contributed by atoms with Crippen LogP contribution in [0.25, 0.3) is 5.57 Å². The van der Waals surface area contributed by atoms with Gasteiger partial charge in [0.25, 0.3) is 5.91 Å². The first kappa shape index (κ1) is 21.8. The zero-order valence-corrected chi connectivity index (χ0v) is 19.4. The van der Waals surface area contributed by atoms with Gasteiger partial charge < -0.3 is 14.5 Å². The van der Waals surface area contributed by atoms with Crippen LogP contribution in [0.3, 0.4) is 0 Å². The molecule has 2 atom stereocenters. The quantitative estimate of drug-likeness (QED) is 0.614. The van der Waals surface area contributed by atoms with Gasteiger partial charge in [0.2, 0.25) is 0 Å². The number of rotatable bonds is 5. The lowest BCUT2D eigenvalue weighted by Crippen LogP contribution is -2.45. The van der Waals surface area contributed by atoms with Crippen LogP contribution in [0.1, 0.15) is 55.3 Å². The summed E-state index contributed by atoms with van der Waals surface area (Å²) >= 11 is 0. The molecular weight excluding hydrogens is 408 g/mol. The van der Waals surface area contributed by atoms with Crippen molar-refractivity contribution < 1.29 is 9.53 Å². The van der Waals surface area contributed by atoms with E-state index in [1.807, 2.05) is 4.90 Å². The van der Waals surface area contributed by atoms with Gasteiger partial charge in [-0.15, -0.1) is 6.42 Å². The molecule has 3 aliphatic rings. The molecule has 2 aromatic carbocycles. The highest BCUT2D eigenvalue weighted by Gasteiger charge is 2.41. The fraction of sp³-hybridized carbons (Fsp3) is 0.414. The van der Waals surface area contributed by atoms with Crippen molar-refractivity contribution in [2.24, 2.45) is 0 Å². The van der Waals surface area contributed by atoms with Crippen LogP contribution in [-0.4, -0.2) is 43.2 Å². The van der Waals surface area contributed by atoms with E-state index in [0.717, 1.165) is 64.0 Å². The maximum atomic E-state index is 13.1. The number of nitrogens with zero attached hydrogens (tertiary/aromatic N) is 2. The van der Waals surface area contributed by atoms with E-state index in [1.54, 1.807) is 0 Å². The van der Waals surface area contributed by atoms with Crippen molar-refractivity contribution in [3.05, 3.63) is 70.8 Å². The molecule has 0 aromatic heterocycles. The SMILES string of the molecule is C#CC(=O)N1[C@@H](CCCC)CC2=C(Cc3ccccc32)[C@@H]1c1ccc(N2CCOCC2)cc1. The summed E-state index contributed by atoms with van der Waals surface area (Å²) in [5.41, 5.74) is 7.84. The Bertz CT molecular complexity index is 1090. The maximum Gasteiger partial charge on any atom is 0.299 e. The average molecular weight is 441 g/mol. The van der Waals surface area contributed by atoms with Gasteiger partial charge in [-0.05, 0) is 65.2 Å². The summed E-state index contributed by atoms with van der Waals surface area (Å²) in [6.07, 6.45) is 10.7. The Morgan fingerprint density at radius 2 is 1.88 bits per heavy atom. The summed E-state index contributed by atoms with van der Waals surface area (Å²) < 4.78 is 5.50. The molecule has 0 unspecified atom stereocenters. The van der Waals surface area contributed by atoms with E-state index < -0.39 is 0 Å².